The van der Waals surface area contributed by atoms with Crippen LogP contribution in [0, 0.1) is 0 Å². The number of hydrogen-bond donors (Lipinski definition) is 0. The molecule has 1 unspecified atom stereocenters. The summed E-state index contributed by atoms with van der Waals surface area (Å²) in [6, 6.07) is 10.4. The maximum atomic E-state index is 13.1. The van der Waals surface area contributed by atoms with Crippen molar-refractivity contribution in [2.24, 2.45) is 7.05 Å². The maximum Gasteiger partial charge on any atom is 0.257 e. The third kappa shape index (κ3) is 4.27. The van der Waals surface area contributed by atoms with Gasteiger partial charge in [0.2, 0.25) is 0 Å². The minimum atomic E-state index is -0.444. The molecule has 0 saturated carbocycles. The number of hydrogen-bond acceptors (Lipinski definition) is 4. The predicted octanol–water partition coefficient (Wildman–Crippen LogP) is 2.06. The highest BCUT2D eigenvalue weighted by Gasteiger charge is 2.32. The van der Waals surface area contributed by atoms with Gasteiger partial charge < -0.3 is 9.64 Å². The van der Waals surface area contributed by atoms with Crippen molar-refractivity contribution in [1.29, 1.82) is 0 Å². The minimum absolute atomic E-state index is 0.000705. The van der Waals surface area contributed by atoms with Gasteiger partial charge in [-0.15, -0.1) is 0 Å². The first kappa shape index (κ1) is 17.6. The maximum absolute atomic E-state index is 13.1. The molecule has 6 heteroatoms. The fourth-order valence-corrected chi connectivity index (χ4v) is 3.20. The zero-order chi connectivity index (χ0) is 17.8. The van der Waals surface area contributed by atoms with E-state index in [1.807, 2.05) is 45.3 Å². The van der Waals surface area contributed by atoms with Gasteiger partial charge in [-0.1, -0.05) is 30.3 Å². The first-order valence-corrected chi connectivity index (χ1v) is 8.74. The zero-order valence-electron chi connectivity index (χ0n) is 15.1. The monoisotopic (exact) mass is 342 g/mol. The Hall–Kier alpha value is -2.18. The largest absolute Gasteiger partial charge is 0.366 e. The molecule has 6 nitrogen and oxygen atoms in total. The van der Waals surface area contributed by atoms with Crippen LogP contribution in [0.25, 0.3) is 0 Å². The second-order valence-electron chi connectivity index (χ2n) is 6.75. The van der Waals surface area contributed by atoms with Gasteiger partial charge in [0.15, 0.2) is 0 Å². The summed E-state index contributed by atoms with van der Waals surface area (Å²) < 4.78 is 7.52. The normalized spacial score (nSPS) is 18.5. The number of carbonyl (C=O) groups is 1. The van der Waals surface area contributed by atoms with Crippen LogP contribution >= 0.6 is 0 Å². The van der Waals surface area contributed by atoms with Crippen LogP contribution in [0.2, 0.25) is 0 Å². The summed E-state index contributed by atoms with van der Waals surface area (Å²) in [7, 11) is 1.85. The minimum Gasteiger partial charge on any atom is -0.366 e. The van der Waals surface area contributed by atoms with E-state index in [0.29, 0.717) is 13.2 Å². The molecule has 1 saturated heterocycles. The van der Waals surface area contributed by atoms with Crippen molar-refractivity contribution in [3.05, 3.63) is 48.3 Å². The summed E-state index contributed by atoms with van der Waals surface area (Å²) in [6.07, 6.45) is 3.14. The van der Waals surface area contributed by atoms with Crippen LogP contribution in [0.5, 0.6) is 0 Å². The molecular weight excluding hydrogens is 316 g/mol. The molecule has 1 aliphatic heterocycles. The van der Waals surface area contributed by atoms with E-state index in [4.69, 9.17) is 4.74 Å². The molecule has 2 aromatic rings. The van der Waals surface area contributed by atoms with Crippen molar-refractivity contribution in [3.8, 4) is 0 Å². The zero-order valence-corrected chi connectivity index (χ0v) is 15.1. The summed E-state index contributed by atoms with van der Waals surface area (Å²) in [5, 5.41) is 4.19. The Balaban J connectivity index is 1.70. The number of ether oxygens (including phenoxy) is 1. The van der Waals surface area contributed by atoms with Crippen LogP contribution in [0.15, 0.2) is 42.7 Å². The fourth-order valence-electron chi connectivity index (χ4n) is 3.20. The molecule has 0 N–H and O–H groups in total. The summed E-state index contributed by atoms with van der Waals surface area (Å²) in [5.41, 5.74) is 2.06. The third-order valence-corrected chi connectivity index (χ3v) is 4.40. The molecule has 3 rings (SSSR count). The van der Waals surface area contributed by atoms with E-state index < -0.39 is 6.10 Å². The van der Waals surface area contributed by atoms with Gasteiger partial charge in [-0.05, 0) is 19.4 Å². The average Bonchev–Trinajstić information content (AvgIpc) is 3.01. The van der Waals surface area contributed by atoms with Crippen LogP contribution in [-0.4, -0.2) is 52.4 Å². The predicted molar refractivity (Wildman–Crippen MR) is 97.3 cm³/mol. The Morgan fingerprint density at radius 3 is 2.76 bits per heavy atom. The van der Waals surface area contributed by atoms with Gasteiger partial charge in [-0.3, -0.25) is 14.4 Å². The smallest absolute Gasteiger partial charge is 0.257 e. The highest BCUT2D eigenvalue weighted by atomic mass is 16.5. The summed E-state index contributed by atoms with van der Waals surface area (Å²) in [6.45, 7) is 6.88. The topological polar surface area (TPSA) is 50.6 Å². The number of morpholine rings is 1. The molecule has 1 amide bonds. The van der Waals surface area contributed by atoms with E-state index in [-0.39, 0.29) is 11.9 Å². The Morgan fingerprint density at radius 1 is 1.36 bits per heavy atom. The SMILES string of the molecule is CC(C)N(C(=O)C1CN(Cc2ccccc2)CCO1)c1cnn(C)c1. The quantitative estimate of drug-likeness (QED) is 0.835. The lowest BCUT2D eigenvalue weighted by Gasteiger charge is -2.36. The van der Waals surface area contributed by atoms with Gasteiger partial charge in [0.25, 0.3) is 5.91 Å². The lowest BCUT2D eigenvalue weighted by Crippen LogP contribution is -2.52. The van der Waals surface area contributed by atoms with E-state index in [1.165, 1.54) is 5.56 Å². The molecule has 0 aliphatic carbocycles. The van der Waals surface area contributed by atoms with Gasteiger partial charge in [0, 0.05) is 38.9 Å². The number of nitrogens with zero attached hydrogens (tertiary/aromatic N) is 4. The molecule has 1 atom stereocenters. The van der Waals surface area contributed by atoms with E-state index in [1.54, 1.807) is 15.8 Å². The Kier molecular flexibility index (Phi) is 5.50. The third-order valence-electron chi connectivity index (χ3n) is 4.40. The molecule has 1 aromatic carbocycles. The molecule has 1 aromatic heterocycles. The molecule has 2 heterocycles. The number of amides is 1. The molecule has 25 heavy (non-hydrogen) atoms. The average molecular weight is 342 g/mol. The Labute approximate surface area is 149 Å². The van der Waals surface area contributed by atoms with Crippen molar-refractivity contribution in [2.75, 3.05) is 24.6 Å². The number of anilines is 1. The number of rotatable bonds is 5. The van der Waals surface area contributed by atoms with Crippen LogP contribution in [0.3, 0.4) is 0 Å². The lowest BCUT2D eigenvalue weighted by atomic mass is 10.1. The Bertz CT molecular complexity index is 698. The molecule has 0 radical (unpaired) electrons. The molecule has 1 fully saturated rings. The van der Waals surface area contributed by atoms with Gasteiger partial charge in [-0.2, -0.15) is 5.10 Å². The van der Waals surface area contributed by atoms with Gasteiger partial charge in [-0.25, -0.2) is 0 Å². The molecule has 134 valence electrons. The van der Waals surface area contributed by atoms with Crippen molar-refractivity contribution in [2.45, 2.75) is 32.5 Å². The second-order valence-corrected chi connectivity index (χ2v) is 6.75. The van der Waals surface area contributed by atoms with E-state index in [9.17, 15) is 4.79 Å². The van der Waals surface area contributed by atoms with Crippen molar-refractivity contribution < 1.29 is 9.53 Å². The molecular formula is C19H26N4O2. The van der Waals surface area contributed by atoms with Crippen molar-refractivity contribution in [1.82, 2.24) is 14.7 Å². The highest BCUT2D eigenvalue weighted by Crippen LogP contribution is 2.20. The van der Waals surface area contributed by atoms with E-state index >= 15 is 0 Å². The van der Waals surface area contributed by atoms with Gasteiger partial charge in [0.1, 0.15) is 6.10 Å². The highest BCUT2D eigenvalue weighted by molar-refractivity contribution is 5.97. The molecule has 0 spiro atoms. The Morgan fingerprint density at radius 2 is 2.12 bits per heavy atom. The second kappa shape index (κ2) is 7.80. The first-order chi connectivity index (χ1) is 12.0. The van der Waals surface area contributed by atoms with E-state index in [2.05, 4.69) is 22.1 Å². The molecule has 0 bridgehead atoms. The van der Waals surface area contributed by atoms with Crippen LogP contribution in [0.1, 0.15) is 19.4 Å². The number of aryl methyl sites for hydroxylation is 1. The van der Waals surface area contributed by atoms with Crippen LogP contribution in [-0.2, 0) is 23.1 Å². The van der Waals surface area contributed by atoms with Gasteiger partial charge >= 0.3 is 0 Å². The lowest BCUT2D eigenvalue weighted by molar-refractivity contribution is -0.136. The van der Waals surface area contributed by atoms with Crippen molar-refractivity contribution in [3.63, 3.8) is 0 Å². The number of carbonyl (C=O) groups excluding carboxylic acids is 1. The summed E-state index contributed by atoms with van der Waals surface area (Å²) >= 11 is 0. The number of benzene rings is 1. The number of aromatic nitrogens is 2. The first-order valence-electron chi connectivity index (χ1n) is 8.74. The van der Waals surface area contributed by atoms with Crippen LogP contribution in [0.4, 0.5) is 5.69 Å². The van der Waals surface area contributed by atoms with Gasteiger partial charge in [0.05, 0.1) is 18.5 Å². The summed E-state index contributed by atoms with van der Waals surface area (Å²) in [4.78, 5) is 17.1. The molecule has 1 aliphatic rings. The standard InChI is InChI=1S/C19H26N4O2/c1-15(2)23(17-11-20-21(3)13-17)19(24)18-14-22(9-10-25-18)12-16-7-5-4-6-8-16/h4-8,11,13,15,18H,9-10,12,14H2,1-3H3. The van der Waals surface area contributed by atoms with Crippen LogP contribution < -0.4 is 4.90 Å². The fraction of sp³-hybridized carbons (Fsp3) is 0.474. The van der Waals surface area contributed by atoms with Crippen molar-refractivity contribution >= 4 is 11.6 Å². The summed E-state index contributed by atoms with van der Waals surface area (Å²) in [5.74, 6) is 0.000705. The van der Waals surface area contributed by atoms with E-state index in [0.717, 1.165) is 18.8 Å².